The fourth-order valence-electron chi connectivity index (χ4n) is 1.77. The first-order valence-corrected chi connectivity index (χ1v) is 6.62. The molecule has 0 aliphatic heterocycles. The van der Waals surface area contributed by atoms with Crippen LogP contribution in [0, 0.1) is 23.3 Å². The van der Waals surface area contributed by atoms with Gasteiger partial charge in [-0.1, -0.05) is 11.6 Å². The van der Waals surface area contributed by atoms with E-state index in [1.807, 2.05) is 0 Å². The summed E-state index contributed by atoms with van der Waals surface area (Å²) in [6.07, 6.45) is -4.85. The van der Waals surface area contributed by atoms with Gasteiger partial charge in [0.15, 0.2) is 23.3 Å². The van der Waals surface area contributed by atoms with Crippen molar-refractivity contribution in [1.82, 2.24) is 0 Å². The van der Waals surface area contributed by atoms with E-state index in [1.165, 1.54) is 18.2 Å². The number of hydrazone groups is 1. The maximum Gasteiger partial charge on any atom is 0.422 e. The Kier molecular flexibility index (Phi) is 5.12. The highest BCUT2D eigenvalue weighted by atomic mass is 35.5. The Morgan fingerprint density at radius 1 is 1.00 bits per heavy atom. The molecule has 0 aliphatic rings. The minimum atomic E-state index is -5.63. The Hall–Kier alpha value is -2.49. The molecule has 0 saturated carbocycles. The number of benzene rings is 2. The number of phenols is 1. The molecule has 0 heterocycles. The average Bonchev–Trinajstić information content (AvgIpc) is 2.51. The highest BCUT2D eigenvalue weighted by Crippen LogP contribution is 2.38. The average molecular weight is 387 g/mol. The van der Waals surface area contributed by atoms with Crippen LogP contribution in [-0.2, 0) is 6.18 Å². The van der Waals surface area contributed by atoms with E-state index in [2.05, 4.69) is 5.10 Å². The van der Waals surface area contributed by atoms with E-state index in [1.54, 1.807) is 5.43 Å². The second kappa shape index (κ2) is 6.79. The molecule has 0 saturated heterocycles. The van der Waals surface area contributed by atoms with Crippen LogP contribution in [0.5, 0.6) is 5.75 Å². The number of anilines is 1. The van der Waals surface area contributed by atoms with Crippen LogP contribution in [0.25, 0.3) is 0 Å². The third-order valence-corrected chi connectivity index (χ3v) is 3.15. The number of hydrogen-bond acceptors (Lipinski definition) is 3. The van der Waals surface area contributed by atoms with Gasteiger partial charge < -0.3 is 5.11 Å². The standard InChI is InChI=1S/C14H6ClF7N2O/c15-6-1-2-7(25)5(3-6)4-23-24-13-11(18)9(16)8(14(20,21)22)10(17)12(13)19/h1-4,24-25H. The summed E-state index contributed by atoms with van der Waals surface area (Å²) in [4.78, 5) is 0. The lowest BCUT2D eigenvalue weighted by molar-refractivity contribution is -0.143. The molecule has 0 aliphatic carbocycles. The highest BCUT2D eigenvalue weighted by Gasteiger charge is 2.42. The predicted molar refractivity (Wildman–Crippen MR) is 75.6 cm³/mol. The number of nitrogens with zero attached hydrogens (tertiary/aromatic N) is 1. The molecule has 0 spiro atoms. The molecule has 0 aromatic heterocycles. The Morgan fingerprint density at radius 3 is 2.08 bits per heavy atom. The summed E-state index contributed by atoms with van der Waals surface area (Å²) >= 11 is 5.65. The number of nitrogens with one attached hydrogen (secondary N) is 1. The molecule has 2 N–H and O–H groups in total. The molecular weight excluding hydrogens is 381 g/mol. The summed E-state index contributed by atoms with van der Waals surface area (Å²) in [7, 11) is 0. The van der Waals surface area contributed by atoms with Crippen molar-refractivity contribution in [2.45, 2.75) is 6.18 Å². The maximum absolute atomic E-state index is 13.6. The number of aromatic hydroxyl groups is 1. The molecule has 0 fully saturated rings. The van der Waals surface area contributed by atoms with Crippen molar-refractivity contribution in [1.29, 1.82) is 0 Å². The number of halogens is 8. The third kappa shape index (κ3) is 3.78. The lowest BCUT2D eigenvalue weighted by atomic mass is 10.1. The van der Waals surface area contributed by atoms with Crippen LogP contribution in [0.1, 0.15) is 11.1 Å². The van der Waals surface area contributed by atoms with Gasteiger partial charge in [0, 0.05) is 10.6 Å². The van der Waals surface area contributed by atoms with E-state index in [0.29, 0.717) is 0 Å². The van der Waals surface area contributed by atoms with Crippen LogP contribution in [-0.4, -0.2) is 11.3 Å². The molecule has 2 aromatic rings. The fraction of sp³-hybridized carbons (Fsp3) is 0.0714. The van der Waals surface area contributed by atoms with Crippen LogP contribution < -0.4 is 5.43 Å². The summed E-state index contributed by atoms with van der Waals surface area (Å²) in [5, 5.41) is 12.9. The van der Waals surface area contributed by atoms with Crippen molar-refractivity contribution in [3.63, 3.8) is 0 Å². The minimum Gasteiger partial charge on any atom is -0.507 e. The number of alkyl halides is 3. The van der Waals surface area contributed by atoms with Gasteiger partial charge in [-0.25, -0.2) is 17.6 Å². The van der Waals surface area contributed by atoms with Gasteiger partial charge in [0.2, 0.25) is 0 Å². The van der Waals surface area contributed by atoms with E-state index < -0.39 is 40.7 Å². The van der Waals surface area contributed by atoms with Crippen molar-refractivity contribution >= 4 is 23.5 Å². The zero-order chi connectivity index (χ0) is 18.9. The van der Waals surface area contributed by atoms with Gasteiger partial charge in [-0.2, -0.15) is 18.3 Å². The summed E-state index contributed by atoms with van der Waals surface area (Å²) in [6.45, 7) is 0. The molecule has 0 bridgehead atoms. The van der Waals surface area contributed by atoms with Crippen molar-refractivity contribution in [3.05, 3.63) is 57.6 Å². The molecule has 25 heavy (non-hydrogen) atoms. The molecular formula is C14H6ClF7N2O. The number of hydrogen-bond donors (Lipinski definition) is 2. The molecule has 134 valence electrons. The van der Waals surface area contributed by atoms with Crippen molar-refractivity contribution in [3.8, 4) is 5.75 Å². The Morgan fingerprint density at radius 2 is 1.56 bits per heavy atom. The maximum atomic E-state index is 13.6. The van der Waals surface area contributed by atoms with Crippen molar-refractivity contribution in [2.75, 3.05) is 5.43 Å². The highest BCUT2D eigenvalue weighted by molar-refractivity contribution is 6.30. The Balaban J connectivity index is 2.41. The smallest absolute Gasteiger partial charge is 0.422 e. The lowest BCUT2D eigenvalue weighted by Crippen LogP contribution is -2.16. The molecule has 0 radical (unpaired) electrons. The zero-order valence-corrected chi connectivity index (χ0v) is 12.5. The topological polar surface area (TPSA) is 44.6 Å². The van der Waals surface area contributed by atoms with E-state index in [0.717, 1.165) is 6.21 Å². The lowest BCUT2D eigenvalue weighted by Gasteiger charge is -2.13. The van der Waals surface area contributed by atoms with Gasteiger partial charge in [0.25, 0.3) is 0 Å². The third-order valence-electron chi connectivity index (χ3n) is 2.92. The van der Waals surface area contributed by atoms with Crippen molar-refractivity contribution in [2.24, 2.45) is 5.10 Å². The molecule has 0 atom stereocenters. The van der Waals surface area contributed by atoms with Crippen LogP contribution in [0.4, 0.5) is 36.4 Å². The van der Waals surface area contributed by atoms with Crippen molar-refractivity contribution < 1.29 is 35.8 Å². The number of rotatable bonds is 3. The first-order valence-electron chi connectivity index (χ1n) is 6.24. The first kappa shape index (κ1) is 18.8. The van der Waals surface area contributed by atoms with E-state index >= 15 is 0 Å². The molecule has 3 nitrogen and oxygen atoms in total. The monoisotopic (exact) mass is 386 g/mol. The summed E-state index contributed by atoms with van der Waals surface area (Å²) in [5.41, 5.74) is -2.74. The zero-order valence-electron chi connectivity index (χ0n) is 11.7. The quantitative estimate of drug-likeness (QED) is 0.335. The second-order valence-electron chi connectivity index (χ2n) is 4.58. The van der Waals surface area contributed by atoms with E-state index in [-0.39, 0.29) is 16.3 Å². The summed E-state index contributed by atoms with van der Waals surface area (Å²) in [6, 6.07) is 3.69. The molecule has 0 unspecified atom stereocenters. The summed E-state index contributed by atoms with van der Waals surface area (Å²) < 4.78 is 91.4. The molecule has 11 heteroatoms. The largest absolute Gasteiger partial charge is 0.507 e. The van der Waals surface area contributed by atoms with Gasteiger partial charge in [-0.05, 0) is 18.2 Å². The van der Waals surface area contributed by atoms with E-state index in [4.69, 9.17) is 11.6 Å². The van der Waals surface area contributed by atoms with Crippen LogP contribution >= 0.6 is 11.6 Å². The van der Waals surface area contributed by atoms with E-state index in [9.17, 15) is 35.8 Å². The van der Waals surface area contributed by atoms with Gasteiger partial charge in [-0.15, -0.1) is 0 Å². The molecule has 0 amide bonds. The molecule has 2 rings (SSSR count). The number of phenolic OH excluding ortho intramolecular Hbond substituents is 1. The van der Waals surface area contributed by atoms with Gasteiger partial charge >= 0.3 is 6.18 Å². The summed E-state index contributed by atoms with van der Waals surface area (Å²) in [5.74, 6) is -10.2. The normalized spacial score (nSPS) is 12.0. The van der Waals surface area contributed by atoms with Crippen LogP contribution in [0.2, 0.25) is 5.02 Å². The van der Waals surface area contributed by atoms with Crippen LogP contribution in [0.3, 0.4) is 0 Å². The van der Waals surface area contributed by atoms with Gasteiger partial charge in [0.05, 0.1) is 6.21 Å². The predicted octanol–water partition coefficient (Wildman–Crippen LogP) is 5.07. The fourth-order valence-corrected chi connectivity index (χ4v) is 1.95. The Labute approximate surface area is 140 Å². The SMILES string of the molecule is Oc1ccc(Cl)cc1C=NNc1c(F)c(F)c(C(F)(F)F)c(F)c1F. The first-order chi connectivity index (χ1) is 11.5. The van der Waals surface area contributed by atoms with Crippen LogP contribution in [0.15, 0.2) is 23.3 Å². The van der Waals surface area contributed by atoms with Gasteiger partial charge in [0.1, 0.15) is 17.0 Å². The second-order valence-corrected chi connectivity index (χ2v) is 5.01. The minimum absolute atomic E-state index is 0.0336. The van der Waals surface area contributed by atoms with Gasteiger partial charge in [-0.3, -0.25) is 5.43 Å². The Bertz CT molecular complexity index is 823. The molecule has 2 aromatic carbocycles.